The topological polar surface area (TPSA) is 66.1 Å². The van der Waals surface area contributed by atoms with E-state index in [1.54, 1.807) is 6.26 Å². The highest BCUT2D eigenvalue weighted by Gasteiger charge is 2.20. The second-order valence-electron chi connectivity index (χ2n) is 8.22. The standard InChI is InChI=1S/C26H33N5O2/c1-2-27-26(31-14-12-30(13-15-31)19-25-11-16-33-29-25)28-18-23-9-6-10-24(17-23)21-32-20-22-7-4-3-5-8-22/h3-11,16-17H,2,12-15,18-21H2,1H3,(H,27,28). The summed E-state index contributed by atoms with van der Waals surface area (Å²) in [6, 6.07) is 20.7. The van der Waals surface area contributed by atoms with Gasteiger partial charge in [0.1, 0.15) is 6.26 Å². The minimum atomic E-state index is 0.597. The van der Waals surface area contributed by atoms with E-state index in [-0.39, 0.29) is 0 Å². The lowest BCUT2D eigenvalue weighted by Gasteiger charge is -2.36. The average Bonchev–Trinajstić information content (AvgIpc) is 3.36. The van der Waals surface area contributed by atoms with Gasteiger partial charge in [-0.25, -0.2) is 4.99 Å². The molecular weight excluding hydrogens is 414 g/mol. The molecule has 1 aromatic heterocycles. The van der Waals surface area contributed by atoms with Crippen LogP contribution in [0.4, 0.5) is 0 Å². The Morgan fingerprint density at radius 1 is 0.970 bits per heavy atom. The Morgan fingerprint density at radius 2 is 1.73 bits per heavy atom. The fourth-order valence-corrected chi connectivity index (χ4v) is 3.94. The van der Waals surface area contributed by atoms with Gasteiger partial charge in [-0.2, -0.15) is 0 Å². The fraction of sp³-hybridized carbons (Fsp3) is 0.385. The number of benzene rings is 2. The summed E-state index contributed by atoms with van der Waals surface area (Å²) in [7, 11) is 0. The van der Waals surface area contributed by atoms with Gasteiger partial charge in [-0.15, -0.1) is 0 Å². The molecule has 0 bridgehead atoms. The van der Waals surface area contributed by atoms with Gasteiger partial charge < -0.3 is 19.5 Å². The Morgan fingerprint density at radius 3 is 2.48 bits per heavy atom. The Bertz CT molecular complexity index is 983. The van der Waals surface area contributed by atoms with Gasteiger partial charge >= 0.3 is 0 Å². The van der Waals surface area contributed by atoms with E-state index in [4.69, 9.17) is 14.3 Å². The van der Waals surface area contributed by atoms with Crippen molar-refractivity contribution >= 4 is 5.96 Å². The van der Waals surface area contributed by atoms with E-state index < -0.39 is 0 Å². The van der Waals surface area contributed by atoms with Crippen molar-refractivity contribution in [3.05, 3.63) is 89.3 Å². The number of guanidine groups is 1. The SMILES string of the molecule is CCNC(=NCc1cccc(COCc2ccccc2)c1)N1CCN(Cc2ccon2)CC1. The Balaban J connectivity index is 1.29. The van der Waals surface area contributed by atoms with Gasteiger partial charge in [0.2, 0.25) is 0 Å². The summed E-state index contributed by atoms with van der Waals surface area (Å²) < 4.78 is 10.8. The molecule has 2 heterocycles. The van der Waals surface area contributed by atoms with E-state index in [1.807, 2.05) is 24.3 Å². The number of hydrogen-bond acceptors (Lipinski definition) is 5. The van der Waals surface area contributed by atoms with E-state index in [0.717, 1.165) is 50.9 Å². The molecule has 0 amide bonds. The van der Waals surface area contributed by atoms with E-state index in [2.05, 4.69) is 63.6 Å². The molecule has 33 heavy (non-hydrogen) atoms. The number of ether oxygens (including phenoxy) is 1. The summed E-state index contributed by atoms with van der Waals surface area (Å²) >= 11 is 0. The van der Waals surface area contributed by atoms with Crippen molar-refractivity contribution < 1.29 is 9.26 Å². The minimum absolute atomic E-state index is 0.597. The predicted octanol–water partition coefficient (Wildman–Crippen LogP) is 3.67. The quantitative estimate of drug-likeness (QED) is 0.399. The first-order chi connectivity index (χ1) is 16.3. The number of rotatable bonds is 9. The number of piperazine rings is 1. The Hall–Kier alpha value is -3.16. The van der Waals surface area contributed by atoms with Crippen LogP contribution in [0.25, 0.3) is 0 Å². The predicted molar refractivity (Wildman–Crippen MR) is 130 cm³/mol. The molecular formula is C26H33N5O2. The molecule has 1 fully saturated rings. The molecule has 174 valence electrons. The lowest BCUT2D eigenvalue weighted by atomic mass is 10.1. The first-order valence-electron chi connectivity index (χ1n) is 11.6. The molecule has 1 aliphatic heterocycles. The van der Waals surface area contributed by atoms with Crippen LogP contribution in [0.1, 0.15) is 29.3 Å². The molecule has 0 unspecified atom stereocenters. The van der Waals surface area contributed by atoms with Crippen molar-refractivity contribution in [3.8, 4) is 0 Å². The number of hydrogen-bond donors (Lipinski definition) is 1. The molecule has 7 nitrogen and oxygen atoms in total. The van der Waals surface area contributed by atoms with Crippen molar-refractivity contribution in [2.45, 2.75) is 33.2 Å². The molecule has 0 spiro atoms. The first-order valence-corrected chi connectivity index (χ1v) is 11.6. The van der Waals surface area contributed by atoms with Crippen molar-refractivity contribution in [1.82, 2.24) is 20.3 Å². The summed E-state index contributed by atoms with van der Waals surface area (Å²) in [5.74, 6) is 0.976. The van der Waals surface area contributed by atoms with Crippen molar-refractivity contribution in [2.75, 3.05) is 32.7 Å². The van der Waals surface area contributed by atoms with E-state index in [9.17, 15) is 0 Å². The van der Waals surface area contributed by atoms with E-state index in [0.29, 0.717) is 19.8 Å². The molecule has 0 saturated carbocycles. The minimum Gasteiger partial charge on any atom is -0.372 e. The van der Waals surface area contributed by atoms with Gasteiger partial charge in [-0.1, -0.05) is 59.8 Å². The second kappa shape index (κ2) is 12.2. The molecule has 3 aromatic rings. The summed E-state index contributed by atoms with van der Waals surface area (Å²) in [5.41, 5.74) is 4.53. The highest BCUT2D eigenvalue weighted by molar-refractivity contribution is 5.80. The third-order valence-electron chi connectivity index (χ3n) is 5.67. The normalized spacial score (nSPS) is 15.1. The van der Waals surface area contributed by atoms with Crippen molar-refractivity contribution in [3.63, 3.8) is 0 Å². The maximum absolute atomic E-state index is 5.90. The summed E-state index contributed by atoms with van der Waals surface area (Å²) in [6.45, 7) is 9.50. The first kappa shape index (κ1) is 23.0. The Labute approximate surface area is 196 Å². The zero-order valence-electron chi connectivity index (χ0n) is 19.3. The summed E-state index contributed by atoms with van der Waals surface area (Å²) in [4.78, 5) is 9.66. The van der Waals surface area contributed by atoms with Crippen LogP contribution in [-0.4, -0.2) is 53.6 Å². The maximum atomic E-state index is 5.90. The van der Waals surface area contributed by atoms with Crippen molar-refractivity contribution in [1.29, 1.82) is 0 Å². The van der Waals surface area contributed by atoms with Gasteiger partial charge in [0.25, 0.3) is 0 Å². The fourth-order valence-electron chi connectivity index (χ4n) is 3.94. The summed E-state index contributed by atoms with van der Waals surface area (Å²) in [5, 5.41) is 7.48. The maximum Gasteiger partial charge on any atom is 0.194 e. The van der Waals surface area contributed by atoms with Crippen LogP contribution in [0.3, 0.4) is 0 Å². The third-order valence-corrected chi connectivity index (χ3v) is 5.67. The van der Waals surface area contributed by atoms with Crippen LogP contribution in [0.15, 0.2) is 76.4 Å². The lowest BCUT2D eigenvalue weighted by Crippen LogP contribution is -2.52. The van der Waals surface area contributed by atoms with Crippen molar-refractivity contribution in [2.24, 2.45) is 4.99 Å². The Kier molecular flexibility index (Phi) is 8.49. The largest absolute Gasteiger partial charge is 0.372 e. The van der Waals surface area contributed by atoms with Gasteiger partial charge in [0, 0.05) is 45.3 Å². The molecule has 1 saturated heterocycles. The molecule has 1 N–H and O–H groups in total. The lowest BCUT2D eigenvalue weighted by molar-refractivity contribution is 0.107. The molecule has 4 rings (SSSR count). The van der Waals surface area contributed by atoms with Gasteiger partial charge in [0.15, 0.2) is 5.96 Å². The van der Waals surface area contributed by atoms with E-state index >= 15 is 0 Å². The zero-order valence-corrected chi connectivity index (χ0v) is 19.3. The monoisotopic (exact) mass is 447 g/mol. The second-order valence-corrected chi connectivity index (χ2v) is 8.22. The molecule has 0 aliphatic carbocycles. The van der Waals surface area contributed by atoms with Crippen LogP contribution >= 0.6 is 0 Å². The van der Waals surface area contributed by atoms with E-state index in [1.165, 1.54) is 16.7 Å². The number of nitrogens with zero attached hydrogens (tertiary/aromatic N) is 4. The van der Waals surface area contributed by atoms with Gasteiger partial charge in [-0.05, 0) is 23.6 Å². The van der Waals surface area contributed by atoms with Gasteiger partial charge in [0.05, 0.1) is 25.5 Å². The molecule has 0 radical (unpaired) electrons. The van der Waals surface area contributed by atoms with Crippen LogP contribution in [0.5, 0.6) is 0 Å². The van der Waals surface area contributed by atoms with Crippen LogP contribution in [0, 0.1) is 0 Å². The van der Waals surface area contributed by atoms with Crippen LogP contribution in [0.2, 0.25) is 0 Å². The molecule has 2 aromatic carbocycles. The number of nitrogens with one attached hydrogen (secondary N) is 1. The summed E-state index contributed by atoms with van der Waals surface area (Å²) in [6.07, 6.45) is 1.63. The van der Waals surface area contributed by atoms with Crippen LogP contribution in [-0.2, 0) is 31.0 Å². The number of aromatic nitrogens is 1. The zero-order chi connectivity index (χ0) is 22.7. The number of aliphatic imine (C=N–C) groups is 1. The third kappa shape index (κ3) is 7.17. The highest BCUT2D eigenvalue weighted by atomic mass is 16.5. The molecule has 7 heteroatoms. The van der Waals surface area contributed by atoms with Crippen LogP contribution < -0.4 is 5.32 Å². The average molecular weight is 448 g/mol. The molecule has 0 atom stereocenters. The molecule has 1 aliphatic rings. The van der Waals surface area contributed by atoms with Gasteiger partial charge in [-0.3, -0.25) is 4.90 Å². The smallest absolute Gasteiger partial charge is 0.194 e. The highest BCUT2D eigenvalue weighted by Crippen LogP contribution is 2.11.